The Kier molecular flexibility index (Phi) is 6.33. The van der Waals surface area contributed by atoms with Crippen LogP contribution < -0.4 is 5.32 Å². The Bertz CT molecular complexity index is 529. The van der Waals surface area contributed by atoms with E-state index in [0.29, 0.717) is 5.41 Å². The van der Waals surface area contributed by atoms with Crippen molar-refractivity contribution in [2.75, 3.05) is 26.7 Å². The van der Waals surface area contributed by atoms with Gasteiger partial charge < -0.3 is 14.7 Å². The number of halogens is 1. The van der Waals surface area contributed by atoms with Crippen molar-refractivity contribution in [3.05, 3.63) is 17.0 Å². The van der Waals surface area contributed by atoms with Crippen LogP contribution in [0.4, 0.5) is 0 Å². The summed E-state index contributed by atoms with van der Waals surface area (Å²) in [5, 5.41) is 7.53. The van der Waals surface area contributed by atoms with Crippen LogP contribution >= 0.6 is 24.0 Å². The van der Waals surface area contributed by atoms with Gasteiger partial charge in [-0.3, -0.25) is 4.99 Å². The average Bonchev–Trinajstić information content (AvgIpc) is 3.22. The number of rotatable bonds is 3. The summed E-state index contributed by atoms with van der Waals surface area (Å²) in [5.41, 5.74) is 2.80. The Labute approximate surface area is 156 Å². The van der Waals surface area contributed by atoms with Crippen LogP contribution in [0, 0.1) is 19.3 Å². The quantitative estimate of drug-likeness (QED) is 0.453. The van der Waals surface area contributed by atoms with Gasteiger partial charge >= 0.3 is 0 Å². The van der Waals surface area contributed by atoms with E-state index in [4.69, 9.17) is 4.52 Å². The van der Waals surface area contributed by atoms with Crippen LogP contribution in [0.1, 0.15) is 49.1 Å². The molecule has 0 radical (unpaired) electrons. The highest BCUT2D eigenvalue weighted by atomic mass is 127. The monoisotopic (exact) mass is 432 g/mol. The molecule has 5 nitrogen and oxygen atoms in total. The summed E-state index contributed by atoms with van der Waals surface area (Å²) in [7, 11) is 1.89. The van der Waals surface area contributed by atoms with Crippen molar-refractivity contribution in [1.82, 2.24) is 15.4 Å². The maximum atomic E-state index is 5.22. The highest BCUT2D eigenvalue weighted by molar-refractivity contribution is 14.0. The van der Waals surface area contributed by atoms with Crippen molar-refractivity contribution in [3.8, 4) is 0 Å². The molecule has 1 saturated heterocycles. The summed E-state index contributed by atoms with van der Waals surface area (Å²) in [6, 6.07) is 0. The van der Waals surface area contributed by atoms with E-state index >= 15 is 0 Å². The molecule has 2 heterocycles. The number of aryl methyl sites for hydroxylation is 2. The fourth-order valence-electron chi connectivity index (χ4n) is 4.14. The highest BCUT2D eigenvalue weighted by Crippen LogP contribution is 2.45. The minimum Gasteiger partial charge on any atom is -0.361 e. The molecule has 0 amide bonds. The number of hydrogen-bond donors (Lipinski definition) is 1. The van der Waals surface area contributed by atoms with Gasteiger partial charge in [0.05, 0.1) is 5.69 Å². The molecule has 1 saturated carbocycles. The Hall–Kier alpha value is -0.790. The summed E-state index contributed by atoms with van der Waals surface area (Å²) in [4.78, 5) is 6.92. The molecule has 1 aromatic heterocycles. The van der Waals surface area contributed by atoms with Gasteiger partial charge in [0, 0.05) is 32.2 Å². The van der Waals surface area contributed by atoms with Gasteiger partial charge in [-0.25, -0.2) is 0 Å². The molecule has 1 aromatic rings. The Morgan fingerprint density at radius 1 is 1.30 bits per heavy atom. The largest absolute Gasteiger partial charge is 0.361 e. The lowest BCUT2D eigenvalue weighted by atomic mass is 9.86. The fraction of sp³-hybridized carbons (Fsp3) is 0.765. The molecule has 1 aliphatic carbocycles. The van der Waals surface area contributed by atoms with Gasteiger partial charge in [-0.2, -0.15) is 0 Å². The number of aliphatic imine (C=N–C) groups is 1. The summed E-state index contributed by atoms with van der Waals surface area (Å²) in [6.07, 6.45) is 7.88. The minimum atomic E-state index is 0. The maximum Gasteiger partial charge on any atom is 0.193 e. The number of aromatic nitrogens is 1. The molecule has 2 aliphatic rings. The number of nitrogens with one attached hydrogen (secondary N) is 1. The van der Waals surface area contributed by atoms with Crippen molar-refractivity contribution >= 4 is 29.9 Å². The average molecular weight is 432 g/mol. The molecular weight excluding hydrogens is 403 g/mol. The minimum absolute atomic E-state index is 0. The van der Waals surface area contributed by atoms with Gasteiger partial charge in [0.2, 0.25) is 0 Å². The molecule has 1 spiro atoms. The molecule has 2 fully saturated rings. The maximum absolute atomic E-state index is 5.22. The van der Waals surface area contributed by atoms with Crippen LogP contribution in [0.2, 0.25) is 0 Å². The van der Waals surface area contributed by atoms with Crippen LogP contribution in [0.15, 0.2) is 9.52 Å². The van der Waals surface area contributed by atoms with E-state index in [1.165, 1.54) is 44.2 Å². The van der Waals surface area contributed by atoms with Gasteiger partial charge in [-0.15, -0.1) is 24.0 Å². The zero-order valence-corrected chi connectivity index (χ0v) is 16.9. The zero-order chi connectivity index (χ0) is 15.6. The van der Waals surface area contributed by atoms with Crippen LogP contribution in [0.5, 0.6) is 0 Å². The molecule has 0 aromatic carbocycles. The Morgan fingerprint density at radius 2 is 2.04 bits per heavy atom. The van der Waals surface area contributed by atoms with Crippen LogP contribution in [-0.4, -0.2) is 42.7 Å². The van der Waals surface area contributed by atoms with Crippen LogP contribution in [0.25, 0.3) is 0 Å². The van der Waals surface area contributed by atoms with E-state index < -0.39 is 0 Å². The van der Waals surface area contributed by atoms with Crippen molar-refractivity contribution in [2.24, 2.45) is 10.4 Å². The van der Waals surface area contributed by atoms with Crippen LogP contribution in [-0.2, 0) is 6.42 Å². The predicted molar refractivity (Wildman–Crippen MR) is 104 cm³/mol. The third kappa shape index (κ3) is 4.00. The normalized spacial score (nSPS) is 20.1. The first kappa shape index (κ1) is 18.5. The van der Waals surface area contributed by atoms with Gasteiger partial charge in [0.15, 0.2) is 5.96 Å². The second kappa shape index (κ2) is 7.85. The van der Waals surface area contributed by atoms with Gasteiger partial charge in [-0.1, -0.05) is 18.0 Å². The third-order valence-electron chi connectivity index (χ3n) is 5.45. The second-order valence-electron chi connectivity index (χ2n) is 6.91. The first-order valence-corrected chi connectivity index (χ1v) is 8.51. The zero-order valence-electron chi connectivity index (χ0n) is 14.5. The third-order valence-corrected chi connectivity index (χ3v) is 5.45. The highest BCUT2D eigenvalue weighted by Gasteiger charge is 2.40. The van der Waals surface area contributed by atoms with Crippen LogP contribution in [0.3, 0.4) is 0 Å². The number of nitrogens with zero attached hydrogens (tertiary/aromatic N) is 3. The van der Waals surface area contributed by atoms with Crippen molar-refractivity contribution in [1.29, 1.82) is 0 Å². The van der Waals surface area contributed by atoms with E-state index in [1.54, 1.807) is 0 Å². The smallest absolute Gasteiger partial charge is 0.193 e. The van der Waals surface area contributed by atoms with E-state index in [0.717, 1.165) is 36.9 Å². The van der Waals surface area contributed by atoms with E-state index in [1.807, 2.05) is 20.9 Å². The van der Waals surface area contributed by atoms with E-state index in [9.17, 15) is 0 Å². The first-order chi connectivity index (χ1) is 10.6. The lowest BCUT2D eigenvalue weighted by molar-refractivity contribution is 0.309. The molecular formula is C17H29IN4O. The molecule has 0 bridgehead atoms. The standard InChI is InChI=1S/C17H28N4O.HI/c1-13-15(14(2)22-20-13)6-10-19-16(18-3)21-11-9-17(12-21)7-4-5-8-17;/h4-12H2,1-3H3,(H,18,19);1H. The Balaban J connectivity index is 0.00000192. The number of hydrogen-bond acceptors (Lipinski definition) is 3. The molecule has 3 rings (SSSR count). The van der Waals surface area contributed by atoms with E-state index in [2.05, 4.69) is 20.4 Å². The lowest BCUT2D eigenvalue weighted by Gasteiger charge is -2.25. The molecule has 1 N–H and O–H groups in total. The molecule has 1 aliphatic heterocycles. The van der Waals surface area contributed by atoms with Crippen molar-refractivity contribution in [2.45, 2.75) is 52.4 Å². The Morgan fingerprint density at radius 3 is 2.65 bits per heavy atom. The van der Waals surface area contributed by atoms with E-state index in [-0.39, 0.29) is 24.0 Å². The second-order valence-corrected chi connectivity index (χ2v) is 6.91. The fourth-order valence-corrected chi connectivity index (χ4v) is 4.14. The predicted octanol–water partition coefficient (Wildman–Crippen LogP) is 3.29. The van der Waals surface area contributed by atoms with Gasteiger partial charge in [-0.05, 0) is 44.9 Å². The van der Waals surface area contributed by atoms with Gasteiger partial charge in [0.25, 0.3) is 0 Å². The molecule has 6 heteroatoms. The first-order valence-electron chi connectivity index (χ1n) is 8.51. The molecule has 130 valence electrons. The molecule has 0 atom stereocenters. The lowest BCUT2D eigenvalue weighted by Crippen LogP contribution is -2.41. The van der Waals surface area contributed by atoms with Gasteiger partial charge in [0.1, 0.15) is 5.76 Å². The van der Waals surface area contributed by atoms with Crippen molar-refractivity contribution < 1.29 is 4.52 Å². The molecule has 23 heavy (non-hydrogen) atoms. The summed E-state index contributed by atoms with van der Waals surface area (Å²) in [6.45, 7) is 7.18. The summed E-state index contributed by atoms with van der Waals surface area (Å²) >= 11 is 0. The number of likely N-dealkylation sites (tertiary alicyclic amines) is 1. The summed E-state index contributed by atoms with van der Waals surface area (Å²) in [5.74, 6) is 1.98. The van der Waals surface area contributed by atoms with Crippen molar-refractivity contribution in [3.63, 3.8) is 0 Å². The summed E-state index contributed by atoms with van der Waals surface area (Å²) < 4.78 is 5.22. The SMILES string of the molecule is CN=C(NCCc1c(C)noc1C)N1CCC2(CCCC2)C1.I. The topological polar surface area (TPSA) is 53.7 Å². The molecule has 0 unspecified atom stereocenters. The number of guanidine groups is 1.